The largest absolute Gasteiger partial charge is 0.300 e. The Balaban J connectivity index is 2.29. The van der Waals surface area contributed by atoms with Crippen molar-refractivity contribution in [2.45, 2.75) is 38.8 Å². The predicted octanol–water partition coefficient (Wildman–Crippen LogP) is 0.750. The zero-order valence-corrected chi connectivity index (χ0v) is 7.42. The molecule has 2 atom stereocenters. The minimum absolute atomic E-state index is 0.268. The van der Waals surface area contributed by atoms with Crippen LogP contribution in [0.1, 0.15) is 26.7 Å². The molecule has 0 radical (unpaired) electrons. The van der Waals surface area contributed by atoms with Crippen LogP contribution in [-0.2, 0) is 4.84 Å². The van der Waals surface area contributed by atoms with Crippen molar-refractivity contribution < 1.29 is 4.84 Å². The minimum Gasteiger partial charge on any atom is -0.300 e. The van der Waals surface area contributed by atoms with Crippen molar-refractivity contribution >= 4 is 0 Å². The smallest absolute Gasteiger partial charge is 0.0926 e. The van der Waals surface area contributed by atoms with E-state index < -0.39 is 0 Å². The minimum atomic E-state index is 0.268. The number of hydrogen-bond acceptors (Lipinski definition) is 3. The van der Waals surface area contributed by atoms with E-state index in [1.807, 2.05) is 0 Å². The molecule has 0 spiro atoms. The summed E-state index contributed by atoms with van der Waals surface area (Å²) in [6.45, 7) is 6.60. The first-order valence-electron chi connectivity index (χ1n) is 4.37. The number of nitrogens with two attached hydrogens (primary N) is 1. The molecule has 2 N–H and O–H groups in total. The molecule has 1 rings (SSSR count). The first-order chi connectivity index (χ1) is 5.27. The van der Waals surface area contributed by atoms with Gasteiger partial charge in [0, 0.05) is 19.1 Å². The maximum absolute atomic E-state index is 5.11. The van der Waals surface area contributed by atoms with Crippen LogP contribution in [0.4, 0.5) is 0 Å². The fourth-order valence-electron chi connectivity index (χ4n) is 1.52. The van der Waals surface area contributed by atoms with Crippen LogP contribution in [0.2, 0.25) is 0 Å². The van der Waals surface area contributed by atoms with Crippen molar-refractivity contribution in [2.24, 2.45) is 5.90 Å². The van der Waals surface area contributed by atoms with Crippen LogP contribution >= 0.6 is 0 Å². The van der Waals surface area contributed by atoms with Gasteiger partial charge in [-0.2, -0.15) is 0 Å². The zero-order valence-electron chi connectivity index (χ0n) is 7.42. The lowest BCUT2D eigenvalue weighted by Crippen LogP contribution is -2.32. The normalized spacial score (nSPS) is 29.2. The van der Waals surface area contributed by atoms with E-state index in [-0.39, 0.29) is 6.10 Å². The summed E-state index contributed by atoms with van der Waals surface area (Å²) < 4.78 is 0. The summed E-state index contributed by atoms with van der Waals surface area (Å²) in [5, 5.41) is 0. The fourth-order valence-corrected chi connectivity index (χ4v) is 1.52. The van der Waals surface area contributed by atoms with Gasteiger partial charge in [0.15, 0.2) is 0 Å². The van der Waals surface area contributed by atoms with Gasteiger partial charge >= 0.3 is 0 Å². The molecular formula is C8H18N2O. The van der Waals surface area contributed by atoms with Gasteiger partial charge in [0.2, 0.25) is 0 Å². The molecule has 3 nitrogen and oxygen atoms in total. The Morgan fingerprint density at radius 1 is 1.73 bits per heavy atom. The second-order valence-corrected chi connectivity index (χ2v) is 3.30. The summed E-state index contributed by atoms with van der Waals surface area (Å²) in [4.78, 5) is 7.22. The Hall–Kier alpha value is -0.120. The molecule has 0 bridgehead atoms. The van der Waals surface area contributed by atoms with E-state index >= 15 is 0 Å². The number of rotatable bonds is 3. The molecule has 1 heterocycles. The Bertz CT molecular complexity index is 119. The molecule has 66 valence electrons. The Morgan fingerprint density at radius 2 is 2.45 bits per heavy atom. The maximum Gasteiger partial charge on any atom is 0.0926 e. The Morgan fingerprint density at radius 3 is 2.91 bits per heavy atom. The van der Waals surface area contributed by atoms with Crippen LogP contribution in [0.3, 0.4) is 0 Å². The molecule has 3 heteroatoms. The lowest BCUT2D eigenvalue weighted by atomic mass is 10.2. The standard InChI is InChI=1S/C8H18N2O/c1-3-7(2)10-5-4-8(6-10)11-9/h7-8H,3-6,9H2,1-2H3. The van der Waals surface area contributed by atoms with E-state index in [1.165, 1.54) is 6.42 Å². The molecule has 1 fully saturated rings. The van der Waals surface area contributed by atoms with Crippen molar-refractivity contribution in [3.63, 3.8) is 0 Å². The van der Waals surface area contributed by atoms with Gasteiger partial charge in [-0.15, -0.1) is 0 Å². The van der Waals surface area contributed by atoms with Crippen molar-refractivity contribution in [1.82, 2.24) is 4.90 Å². The molecule has 0 aromatic rings. The summed E-state index contributed by atoms with van der Waals surface area (Å²) in [5.41, 5.74) is 0. The third-order valence-corrected chi connectivity index (χ3v) is 2.58. The van der Waals surface area contributed by atoms with E-state index in [1.54, 1.807) is 0 Å². The number of hydrogen-bond donors (Lipinski definition) is 1. The predicted molar refractivity (Wildman–Crippen MR) is 45.0 cm³/mol. The highest BCUT2D eigenvalue weighted by atomic mass is 16.6. The SMILES string of the molecule is CCC(C)N1CCC(ON)C1. The van der Waals surface area contributed by atoms with Gasteiger partial charge in [-0.3, -0.25) is 9.74 Å². The fraction of sp³-hybridized carbons (Fsp3) is 1.00. The van der Waals surface area contributed by atoms with Crippen molar-refractivity contribution in [3.8, 4) is 0 Å². The average Bonchev–Trinajstić information content (AvgIpc) is 2.50. The molecule has 0 aromatic heterocycles. The van der Waals surface area contributed by atoms with E-state index in [0.29, 0.717) is 6.04 Å². The van der Waals surface area contributed by atoms with E-state index in [9.17, 15) is 0 Å². The maximum atomic E-state index is 5.11. The second-order valence-electron chi connectivity index (χ2n) is 3.30. The zero-order chi connectivity index (χ0) is 8.27. The monoisotopic (exact) mass is 158 g/mol. The van der Waals surface area contributed by atoms with Crippen LogP contribution in [-0.4, -0.2) is 30.1 Å². The Kier molecular flexibility index (Phi) is 3.30. The van der Waals surface area contributed by atoms with Crippen molar-refractivity contribution in [1.29, 1.82) is 0 Å². The molecule has 11 heavy (non-hydrogen) atoms. The van der Waals surface area contributed by atoms with E-state index in [4.69, 9.17) is 10.7 Å². The van der Waals surface area contributed by atoms with Gasteiger partial charge in [-0.25, -0.2) is 5.90 Å². The summed E-state index contributed by atoms with van der Waals surface area (Å²) in [6, 6.07) is 0.676. The molecule has 1 aliphatic heterocycles. The molecule has 0 saturated carbocycles. The lowest BCUT2D eigenvalue weighted by molar-refractivity contribution is 0.0560. The summed E-state index contributed by atoms with van der Waals surface area (Å²) >= 11 is 0. The third-order valence-electron chi connectivity index (χ3n) is 2.58. The molecule has 0 aliphatic carbocycles. The Labute approximate surface area is 68.5 Å². The topological polar surface area (TPSA) is 38.5 Å². The second kappa shape index (κ2) is 4.04. The molecule has 0 amide bonds. The highest BCUT2D eigenvalue weighted by Gasteiger charge is 2.24. The first kappa shape index (κ1) is 8.97. The summed E-state index contributed by atoms with van der Waals surface area (Å²) in [7, 11) is 0. The van der Waals surface area contributed by atoms with Crippen LogP contribution < -0.4 is 5.90 Å². The summed E-state index contributed by atoms with van der Waals surface area (Å²) in [6.07, 6.45) is 2.56. The van der Waals surface area contributed by atoms with Crippen LogP contribution in [0.15, 0.2) is 0 Å². The molecular weight excluding hydrogens is 140 g/mol. The summed E-state index contributed by atoms with van der Waals surface area (Å²) in [5.74, 6) is 5.11. The lowest BCUT2D eigenvalue weighted by Gasteiger charge is -2.22. The number of likely N-dealkylation sites (tertiary alicyclic amines) is 1. The average molecular weight is 158 g/mol. The van der Waals surface area contributed by atoms with Crippen LogP contribution in [0.25, 0.3) is 0 Å². The van der Waals surface area contributed by atoms with Gasteiger partial charge in [0.05, 0.1) is 6.10 Å². The molecule has 2 unspecified atom stereocenters. The van der Waals surface area contributed by atoms with Gasteiger partial charge in [-0.1, -0.05) is 6.92 Å². The van der Waals surface area contributed by atoms with Crippen LogP contribution in [0, 0.1) is 0 Å². The van der Waals surface area contributed by atoms with Gasteiger partial charge < -0.3 is 0 Å². The molecule has 1 saturated heterocycles. The van der Waals surface area contributed by atoms with Crippen molar-refractivity contribution in [2.75, 3.05) is 13.1 Å². The van der Waals surface area contributed by atoms with E-state index in [0.717, 1.165) is 19.5 Å². The number of nitrogens with zero attached hydrogens (tertiary/aromatic N) is 1. The van der Waals surface area contributed by atoms with E-state index in [2.05, 4.69) is 18.7 Å². The quantitative estimate of drug-likeness (QED) is 0.616. The molecule has 1 aliphatic rings. The third kappa shape index (κ3) is 2.15. The van der Waals surface area contributed by atoms with Crippen LogP contribution in [0.5, 0.6) is 0 Å². The highest BCUT2D eigenvalue weighted by molar-refractivity contribution is 4.78. The van der Waals surface area contributed by atoms with Gasteiger partial charge in [-0.05, 0) is 19.8 Å². The first-order valence-corrected chi connectivity index (χ1v) is 4.37. The van der Waals surface area contributed by atoms with Gasteiger partial charge in [0.25, 0.3) is 0 Å². The molecule has 0 aromatic carbocycles. The van der Waals surface area contributed by atoms with Gasteiger partial charge in [0.1, 0.15) is 0 Å². The highest BCUT2D eigenvalue weighted by Crippen LogP contribution is 2.15. The van der Waals surface area contributed by atoms with Crippen molar-refractivity contribution in [3.05, 3.63) is 0 Å².